The van der Waals surface area contributed by atoms with E-state index in [4.69, 9.17) is 35.0 Å². The standard InChI is InChI=1S/C32H18N8.C8H8O2/c1-2-10-18-17(9-1)25-33-26(18)38-28-21-13-5-6-14-22(21)30(35-28)40-32-24-16-8-7-15-23(24)31(36-32)39-29-20-12-4-3-11-19(20)27(34-29)37-25;1-6-2-4-7(5-3-6)8(9)10/h1-16H,(H2,33,34,35,36,37,38,39,40);2-5H,1H3,(H,9,10). The average molecular weight is 651 g/mol. The van der Waals surface area contributed by atoms with Crippen LogP contribution in [0.25, 0.3) is 89.7 Å². The zero-order valence-corrected chi connectivity index (χ0v) is 26.6. The number of aromatic carboxylic acids is 1. The molecular formula is C40H26N8O2. The Hall–Kier alpha value is -7.07. The third-order valence-electron chi connectivity index (χ3n) is 8.76. The number of carboxylic acid groups (broad SMARTS) is 1. The van der Waals surface area contributed by atoms with E-state index in [0.717, 1.165) is 49.4 Å². The van der Waals surface area contributed by atoms with Crippen LogP contribution in [0.3, 0.4) is 0 Å². The number of nitrogens with zero attached hydrogens (tertiary/aromatic N) is 6. The highest BCUT2D eigenvalue weighted by Gasteiger charge is 2.21. The van der Waals surface area contributed by atoms with Gasteiger partial charge >= 0.3 is 5.97 Å². The maximum Gasteiger partial charge on any atom is 0.335 e. The minimum atomic E-state index is -0.875. The second-order valence-corrected chi connectivity index (χ2v) is 12.0. The first-order valence-electron chi connectivity index (χ1n) is 16.0. The van der Waals surface area contributed by atoms with Crippen LogP contribution in [0.1, 0.15) is 15.9 Å². The maximum absolute atomic E-state index is 10.3. The van der Waals surface area contributed by atoms with Crippen LogP contribution in [0, 0.1) is 6.92 Å². The molecule has 0 atom stereocenters. The number of aromatic nitrogens is 8. The Labute approximate surface area is 284 Å². The van der Waals surface area contributed by atoms with Gasteiger partial charge in [-0.1, -0.05) is 115 Å². The quantitative estimate of drug-likeness (QED) is 0.160. The van der Waals surface area contributed by atoms with Crippen molar-refractivity contribution in [3.05, 3.63) is 132 Å². The molecule has 0 amide bonds. The molecular weight excluding hydrogens is 624 g/mol. The van der Waals surface area contributed by atoms with Gasteiger partial charge in [-0.25, -0.2) is 34.7 Å². The summed E-state index contributed by atoms with van der Waals surface area (Å²) in [5.74, 6) is 1.51. The summed E-state index contributed by atoms with van der Waals surface area (Å²) in [5, 5.41) is 12.3. The fourth-order valence-corrected chi connectivity index (χ4v) is 6.29. The number of nitrogens with one attached hydrogen (secondary N) is 2. The van der Waals surface area contributed by atoms with Gasteiger partial charge in [-0.15, -0.1) is 0 Å². The van der Waals surface area contributed by atoms with Gasteiger partial charge in [0.1, 0.15) is 22.6 Å². The predicted octanol–water partition coefficient (Wildman–Crippen LogP) is 8.56. The fraction of sp³-hybridized carbons (Fsp3) is 0.0250. The van der Waals surface area contributed by atoms with Gasteiger partial charge in [-0.3, -0.25) is 0 Å². The van der Waals surface area contributed by atoms with Crippen molar-refractivity contribution in [2.75, 3.05) is 0 Å². The summed E-state index contributed by atoms with van der Waals surface area (Å²) in [5.41, 5.74) is 7.86. The van der Waals surface area contributed by atoms with E-state index in [9.17, 15) is 4.79 Å². The van der Waals surface area contributed by atoms with Gasteiger partial charge in [0, 0.05) is 43.8 Å². The molecule has 10 nitrogen and oxygen atoms in total. The molecule has 3 aromatic heterocycles. The lowest BCUT2D eigenvalue weighted by molar-refractivity contribution is 0.0697. The van der Waals surface area contributed by atoms with Gasteiger partial charge in [0.2, 0.25) is 0 Å². The van der Waals surface area contributed by atoms with Gasteiger partial charge in [0.05, 0.1) is 5.56 Å². The largest absolute Gasteiger partial charge is 0.478 e. The van der Waals surface area contributed by atoms with Crippen LogP contribution in [0.15, 0.2) is 121 Å². The molecule has 0 fully saturated rings. The summed E-state index contributed by atoms with van der Waals surface area (Å²) in [4.78, 5) is 47.1. The van der Waals surface area contributed by atoms with E-state index in [1.807, 2.05) is 104 Å². The summed E-state index contributed by atoms with van der Waals surface area (Å²) >= 11 is 0. The zero-order valence-electron chi connectivity index (χ0n) is 26.6. The van der Waals surface area contributed by atoms with E-state index in [-0.39, 0.29) is 0 Å². The molecule has 10 heteroatoms. The molecule has 10 rings (SSSR count). The number of benzene rings is 5. The minimum absolute atomic E-state index is 0.339. The number of hydrogen-bond donors (Lipinski definition) is 3. The lowest BCUT2D eigenvalue weighted by Crippen LogP contribution is -1.94. The normalized spacial score (nSPS) is 11.5. The molecule has 5 heterocycles. The highest BCUT2D eigenvalue weighted by molar-refractivity contribution is 6.06. The molecule has 0 saturated heterocycles. The van der Waals surface area contributed by atoms with Crippen molar-refractivity contribution >= 4 is 50.1 Å². The average Bonchev–Trinajstić information content (AvgIpc) is 3.88. The molecule has 8 aromatic rings. The number of fused-ring (bicyclic) bond motifs is 20. The fourth-order valence-electron chi connectivity index (χ4n) is 6.29. The van der Waals surface area contributed by atoms with Crippen molar-refractivity contribution in [3.63, 3.8) is 0 Å². The highest BCUT2D eigenvalue weighted by Crippen LogP contribution is 2.36. The van der Waals surface area contributed by atoms with Crippen LogP contribution in [0.5, 0.6) is 0 Å². The van der Waals surface area contributed by atoms with Gasteiger partial charge in [-0.05, 0) is 19.1 Å². The van der Waals surface area contributed by atoms with Crippen molar-refractivity contribution in [1.82, 2.24) is 39.9 Å². The molecule has 3 N–H and O–H groups in total. The van der Waals surface area contributed by atoms with Crippen molar-refractivity contribution in [2.24, 2.45) is 0 Å². The first kappa shape index (κ1) is 29.1. The number of aromatic amines is 2. The summed E-state index contributed by atoms with van der Waals surface area (Å²) in [6.07, 6.45) is 0. The zero-order chi connectivity index (χ0) is 33.8. The van der Waals surface area contributed by atoms with Gasteiger partial charge < -0.3 is 15.1 Å². The summed E-state index contributed by atoms with van der Waals surface area (Å²) in [6, 6.07) is 39.0. The molecule has 238 valence electrons. The number of carbonyl (C=O) groups is 1. The smallest absolute Gasteiger partial charge is 0.335 e. The molecule has 0 saturated carbocycles. The van der Waals surface area contributed by atoms with Crippen LogP contribution in [-0.2, 0) is 0 Å². The van der Waals surface area contributed by atoms with E-state index in [1.54, 1.807) is 24.3 Å². The Balaban J connectivity index is 0.000000293. The molecule has 8 bridgehead atoms. The third-order valence-corrected chi connectivity index (χ3v) is 8.76. The van der Waals surface area contributed by atoms with E-state index in [2.05, 4.69) is 9.97 Å². The Kier molecular flexibility index (Phi) is 6.73. The van der Waals surface area contributed by atoms with Crippen LogP contribution < -0.4 is 0 Å². The summed E-state index contributed by atoms with van der Waals surface area (Å²) < 4.78 is 0. The Morgan fingerprint density at radius 2 is 0.740 bits per heavy atom. The van der Waals surface area contributed by atoms with Gasteiger partial charge in [-0.2, -0.15) is 0 Å². The Bertz CT molecular complexity index is 2500. The topological polar surface area (TPSA) is 146 Å². The lowest BCUT2D eigenvalue weighted by Gasteiger charge is -1.96. The molecule has 0 aliphatic carbocycles. The summed E-state index contributed by atoms with van der Waals surface area (Å²) in [7, 11) is 0. The van der Waals surface area contributed by atoms with Gasteiger partial charge in [0.15, 0.2) is 23.3 Å². The van der Waals surface area contributed by atoms with E-state index in [1.165, 1.54) is 0 Å². The number of carboxylic acids is 1. The van der Waals surface area contributed by atoms with Crippen LogP contribution >= 0.6 is 0 Å². The molecule has 2 aliphatic rings. The van der Waals surface area contributed by atoms with Crippen LogP contribution in [0.4, 0.5) is 0 Å². The first-order chi connectivity index (χ1) is 24.5. The second kappa shape index (κ2) is 11.6. The molecule has 0 unspecified atom stereocenters. The number of H-pyrrole nitrogens is 2. The monoisotopic (exact) mass is 650 g/mol. The molecule has 50 heavy (non-hydrogen) atoms. The van der Waals surface area contributed by atoms with Crippen molar-refractivity contribution in [1.29, 1.82) is 0 Å². The Morgan fingerprint density at radius 1 is 0.440 bits per heavy atom. The number of hydrogen-bond acceptors (Lipinski definition) is 7. The number of rotatable bonds is 1. The van der Waals surface area contributed by atoms with Crippen molar-refractivity contribution in [3.8, 4) is 45.6 Å². The van der Waals surface area contributed by atoms with Crippen LogP contribution in [-0.4, -0.2) is 50.9 Å². The van der Waals surface area contributed by atoms with E-state index < -0.39 is 5.97 Å². The molecule has 0 spiro atoms. The highest BCUT2D eigenvalue weighted by atomic mass is 16.4. The van der Waals surface area contributed by atoms with Crippen LogP contribution in [0.2, 0.25) is 0 Å². The minimum Gasteiger partial charge on any atom is -0.478 e. The van der Waals surface area contributed by atoms with E-state index in [0.29, 0.717) is 51.4 Å². The summed E-state index contributed by atoms with van der Waals surface area (Å²) in [6.45, 7) is 1.92. The first-order valence-corrected chi connectivity index (χ1v) is 16.0. The number of aryl methyl sites for hydroxylation is 1. The Morgan fingerprint density at radius 3 is 1.04 bits per heavy atom. The molecule has 2 aliphatic heterocycles. The maximum atomic E-state index is 10.3. The lowest BCUT2D eigenvalue weighted by atomic mass is 10.1. The second-order valence-electron chi connectivity index (χ2n) is 12.0. The molecule has 5 aromatic carbocycles. The SMILES string of the molecule is Cc1ccc(C(=O)O)cc1.c1ccc2c(c1)-c1nc-2nc2[nH]c(nc3nc(nc4[nH]c(n1)c1ccccc41)-c1ccccc1-3)c1ccccc21. The van der Waals surface area contributed by atoms with Crippen molar-refractivity contribution < 1.29 is 9.90 Å². The van der Waals surface area contributed by atoms with Crippen molar-refractivity contribution in [2.45, 2.75) is 6.92 Å². The molecule has 0 radical (unpaired) electrons. The van der Waals surface area contributed by atoms with E-state index >= 15 is 0 Å². The predicted molar refractivity (Wildman–Crippen MR) is 194 cm³/mol. The van der Waals surface area contributed by atoms with Gasteiger partial charge in [0.25, 0.3) is 0 Å². The third kappa shape index (κ3) is 4.94.